The summed E-state index contributed by atoms with van der Waals surface area (Å²) in [5, 5.41) is 36.3. The van der Waals surface area contributed by atoms with Crippen LogP contribution in [0.4, 0.5) is 0 Å². The van der Waals surface area contributed by atoms with E-state index in [2.05, 4.69) is 0 Å². The number of carboxylic acid groups (broad SMARTS) is 1. The SMILES string of the molecule is O=C(O)CCCN1C[C@@H](O)C(O)[C@H]1CO. The molecule has 0 radical (unpaired) electrons. The molecule has 0 aromatic heterocycles. The Labute approximate surface area is 87.8 Å². The van der Waals surface area contributed by atoms with Gasteiger partial charge in [0.05, 0.1) is 24.9 Å². The predicted octanol–water partition coefficient (Wildman–Crippen LogP) is -1.75. The van der Waals surface area contributed by atoms with E-state index in [9.17, 15) is 15.0 Å². The Morgan fingerprint density at radius 1 is 1.40 bits per heavy atom. The number of nitrogens with zero attached hydrogens (tertiary/aromatic N) is 1. The first-order valence-electron chi connectivity index (χ1n) is 4.99. The van der Waals surface area contributed by atoms with Crippen LogP contribution in [0, 0.1) is 0 Å². The molecule has 6 heteroatoms. The number of hydrogen-bond acceptors (Lipinski definition) is 5. The lowest BCUT2D eigenvalue weighted by atomic mass is 10.1. The number of aliphatic hydroxyl groups excluding tert-OH is 3. The maximum absolute atomic E-state index is 10.3. The molecule has 6 nitrogen and oxygen atoms in total. The van der Waals surface area contributed by atoms with Gasteiger partial charge in [-0.3, -0.25) is 9.69 Å². The van der Waals surface area contributed by atoms with Gasteiger partial charge in [0.1, 0.15) is 0 Å². The Balaban J connectivity index is 2.37. The number of carbonyl (C=O) groups is 1. The Kier molecular flexibility index (Phi) is 4.46. The van der Waals surface area contributed by atoms with Gasteiger partial charge < -0.3 is 20.4 Å². The Hall–Kier alpha value is -0.690. The third kappa shape index (κ3) is 3.13. The van der Waals surface area contributed by atoms with E-state index in [1.54, 1.807) is 4.90 Å². The largest absolute Gasteiger partial charge is 0.481 e. The third-order valence-electron chi connectivity index (χ3n) is 2.70. The van der Waals surface area contributed by atoms with Crippen LogP contribution in [0.1, 0.15) is 12.8 Å². The summed E-state index contributed by atoms with van der Waals surface area (Å²) in [5.41, 5.74) is 0. The minimum absolute atomic E-state index is 0.0564. The number of likely N-dealkylation sites (tertiary alicyclic amines) is 1. The maximum Gasteiger partial charge on any atom is 0.303 e. The Bertz CT molecular complexity index is 223. The molecule has 1 fully saturated rings. The minimum atomic E-state index is -0.945. The molecule has 15 heavy (non-hydrogen) atoms. The zero-order valence-corrected chi connectivity index (χ0v) is 8.41. The highest BCUT2D eigenvalue weighted by Gasteiger charge is 2.38. The second-order valence-electron chi connectivity index (χ2n) is 3.80. The molecule has 3 atom stereocenters. The average molecular weight is 219 g/mol. The summed E-state index contributed by atoms with van der Waals surface area (Å²) in [7, 11) is 0. The smallest absolute Gasteiger partial charge is 0.303 e. The van der Waals surface area contributed by atoms with Gasteiger partial charge in [-0.15, -0.1) is 0 Å². The molecular formula is C9H17NO5. The van der Waals surface area contributed by atoms with Crippen LogP contribution in [0.3, 0.4) is 0 Å². The van der Waals surface area contributed by atoms with E-state index >= 15 is 0 Å². The van der Waals surface area contributed by atoms with Crippen LogP contribution in [-0.2, 0) is 4.79 Å². The van der Waals surface area contributed by atoms with Crippen molar-refractivity contribution < 1.29 is 25.2 Å². The minimum Gasteiger partial charge on any atom is -0.481 e. The predicted molar refractivity (Wildman–Crippen MR) is 51.3 cm³/mol. The molecule has 88 valence electrons. The highest BCUT2D eigenvalue weighted by atomic mass is 16.4. The summed E-state index contributed by atoms with van der Waals surface area (Å²) in [5.74, 6) is -0.865. The van der Waals surface area contributed by atoms with Crippen molar-refractivity contribution in [3.05, 3.63) is 0 Å². The fourth-order valence-electron chi connectivity index (χ4n) is 1.87. The van der Waals surface area contributed by atoms with Crippen LogP contribution in [0.25, 0.3) is 0 Å². The van der Waals surface area contributed by atoms with Crippen LogP contribution in [0.15, 0.2) is 0 Å². The first kappa shape index (κ1) is 12.4. The molecule has 1 unspecified atom stereocenters. The summed E-state index contributed by atoms with van der Waals surface area (Å²) in [4.78, 5) is 12.0. The highest BCUT2D eigenvalue weighted by Crippen LogP contribution is 2.18. The second-order valence-corrected chi connectivity index (χ2v) is 3.80. The molecule has 0 aromatic carbocycles. The topological polar surface area (TPSA) is 101 Å². The Morgan fingerprint density at radius 3 is 2.60 bits per heavy atom. The van der Waals surface area contributed by atoms with E-state index in [4.69, 9.17) is 10.2 Å². The van der Waals surface area contributed by atoms with Gasteiger partial charge in [0.15, 0.2) is 0 Å². The van der Waals surface area contributed by atoms with E-state index < -0.39 is 24.2 Å². The van der Waals surface area contributed by atoms with Crippen LogP contribution in [0.2, 0.25) is 0 Å². The van der Waals surface area contributed by atoms with Crippen LogP contribution >= 0.6 is 0 Å². The summed E-state index contributed by atoms with van der Waals surface area (Å²) in [6, 6.07) is -0.478. The standard InChI is InChI=1S/C9H17NO5/c11-5-6-9(15)7(12)4-10(6)3-1-2-8(13)14/h6-7,9,11-12,15H,1-5H2,(H,13,14)/t6-,7-,9?/m1/s1. The molecule has 1 rings (SSSR count). The summed E-state index contributed by atoms with van der Waals surface area (Å²) >= 11 is 0. The maximum atomic E-state index is 10.3. The van der Waals surface area contributed by atoms with Crippen LogP contribution in [0.5, 0.6) is 0 Å². The normalized spacial score (nSPS) is 32.1. The lowest BCUT2D eigenvalue weighted by molar-refractivity contribution is -0.137. The average Bonchev–Trinajstić information content (AvgIpc) is 2.42. The third-order valence-corrected chi connectivity index (χ3v) is 2.70. The number of aliphatic carboxylic acids is 1. The van der Waals surface area contributed by atoms with Crippen molar-refractivity contribution >= 4 is 5.97 Å². The quantitative estimate of drug-likeness (QED) is 0.437. The van der Waals surface area contributed by atoms with Crippen molar-refractivity contribution in [3.8, 4) is 0 Å². The molecule has 1 saturated heterocycles. The van der Waals surface area contributed by atoms with Crippen LogP contribution < -0.4 is 0 Å². The van der Waals surface area contributed by atoms with Crippen molar-refractivity contribution in [2.75, 3.05) is 19.7 Å². The van der Waals surface area contributed by atoms with Gasteiger partial charge in [0.2, 0.25) is 0 Å². The fraction of sp³-hybridized carbons (Fsp3) is 0.889. The zero-order valence-electron chi connectivity index (χ0n) is 8.41. The van der Waals surface area contributed by atoms with Crippen molar-refractivity contribution in [1.82, 2.24) is 4.90 Å². The van der Waals surface area contributed by atoms with Crippen LogP contribution in [-0.4, -0.2) is 69.2 Å². The molecule has 0 aliphatic carbocycles. The highest BCUT2D eigenvalue weighted by molar-refractivity contribution is 5.66. The molecule has 4 N–H and O–H groups in total. The van der Waals surface area contributed by atoms with Crippen molar-refractivity contribution in [2.45, 2.75) is 31.1 Å². The van der Waals surface area contributed by atoms with Crippen molar-refractivity contribution in [1.29, 1.82) is 0 Å². The van der Waals surface area contributed by atoms with Gasteiger partial charge in [-0.25, -0.2) is 0 Å². The molecule has 0 aromatic rings. The van der Waals surface area contributed by atoms with E-state index in [1.165, 1.54) is 0 Å². The lowest BCUT2D eigenvalue weighted by Crippen LogP contribution is -2.39. The van der Waals surface area contributed by atoms with Crippen molar-refractivity contribution in [3.63, 3.8) is 0 Å². The Morgan fingerprint density at radius 2 is 2.07 bits per heavy atom. The molecule has 1 aliphatic heterocycles. The van der Waals surface area contributed by atoms with Gasteiger partial charge >= 0.3 is 5.97 Å². The second kappa shape index (κ2) is 5.41. The molecule has 0 amide bonds. The molecular weight excluding hydrogens is 202 g/mol. The van der Waals surface area contributed by atoms with Crippen molar-refractivity contribution in [2.24, 2.45) is 0 Å². The van der Waals surface area contributed by atoms with E-state index in [0.717, 1.165) is 0 Å². The summed E-state index contributed by atoms with van der Waals surface area (Å²) < 4.78 is 0. The summed E-state index contributed by atoms with van der Waals surface area (Å²) in [6.45, 7) is 0.517. The van der Waals surface area contributed by atoms with Gasteiger partial charge in [-0.2, -0.15) is 0 Å². The molecule has 0 saturated carbocycles. The van der Waals surface area contributed by atoms with E-state index in [-0.39, 0.29) is 19.6 Å². The molecule has 1 heterocycles. The fourth-order valence-corrected chi connectivity index (χ4v) is 1.87. The number of aliphatic hydroxyl groups is 3. The van der Waals surface area contributed by atoms with E-state index in [1.807, 2.05) is 0 Å². The first-order chi connectivity index (χ1) is 7.06. The first-order valence-corrected chi connectivity index (χ1v) is 4.99. The molecule has 0 bridgehead atoms. The van der Waals surface area contributed by atoms with E-state index in [0.29, 0.717) is 13.0 Å². The summed E-state index contributed by atoms with van der Waals surface area (Å²) in [6.07, 6.45) is -1.29. The van der Waals surface area contributed by atoms with Gasteiger partial charge in [0.25, 0.3) is 0 Å². The monoisotopic (exact) mass is 219 g/mol. The number of carboxylic acids is 1. The number of rotatable bonds is 5. The molecule has 0 spiro atoms. The van der Waals surface area contributed by atoms with Gasteiger partial charge in [-0.1, -0.05) is 0 Å². The zero-order chi connectivity index (χ0) is 11.4. The molecule has 1 aliphatic rings. The number of hydrogen-bond donors (Lipinski definition) is 4. The van der Waals surface area contributed by atoms with Gasteiger partial charge in [-0.05, 0) is 13.0 Å². The van der Waals surface area contributed by atoms with Gasteiger partial charge in [0, 0.05) is 13.0 Å². The number of β-amino-alcohol motifs (C(OH)–C–C–N with tert-alkyl or cyclic N) is 1. The lowest BCUT2D eigenvalue weighted by Gasteiger charge is -2.23.